The molecule has 88 valence electrons. The summed E-state index contributed by atoms with van der Waals surface area (Å²) in [5, 5.41) is 2.58. The molecular formula is C12H18N2O2. The van der Waals surface area contributed by atoms with Gasteiger partial charge < -0.3 is 10.1 Å². The number of carbonyl (C=O) groups excluding carboxylic acids is 1. The number of carbonyl (C=O) groups is 1. The van der Waals surface area contributed by atoms with Crippen LogP contribution in [0.5, 0.6) is 5.75 Å². The van der Waals surface area contributed by atoms with Crippen LogP contribution in [0.2, 0.25) is 0 Å². The van der Waals surface area contributed by atoms with Gasteiger partial charge in [0.15, 0.2) is 0 Å². The van der Waals surface area contributed by atoms with Crippen molar-refractivity contribution in [2.75, 3.05) is 33.8 Å². The maximum atomic E-state index is 11.1. The highest BCUT2D eigenvalue weighted by molar-refractivity contribution is 5.77. The molecule has 0 radical (unpaired) electrons. The zero-order chi connectivity index (χ0) is 11.8. The van der Waals surface area contributed by atoms with E-state index in [0.29, 0.717) is 13.2 Å². The number of rotatable bonds is 6. The molecule has 0 saturated carbocycles. The number of hydrogen-bond acceptors (Lipinski definition) is 3. The zero-order valence-electron chi connectivity index (χ0n) is 9.77. The third kappa shape index (κ3) is 4.79. The lowest BCUT2D eigenvalue weighted by Gasteiger charge is -2.15. The van der Waals surface area contributed by atoms with E-state index in [0.717, 1.165) is 12.3 Å². The third-order valence-corrected chi connectivity index (χ3v) is 2.18. The second-order valence-corrected chi connectivity index (χ2v) is 3.57. The van der Waals surface area contributed by atoms with Gasteiger partial charge in [0.2, 0.25) is 5.91 Å². The number of hydrogen-bond donors (Lipinski definition) is 1. The number of nitrogens with one attached hydrogen (secondary N) is 1. The first-order valence-electron chi connectivity index (χ1n) is 5.29. The Hall–Kier alpha value is -1.55. The van der Waals surface area contributed by atoms with E-state index in [1.54, 1.807) is 7.05 Å². The Morgan fingerprint density at radius 2 is 2.06 bits per heavy atom. The Morgan fingerprint density at radius 3 is 2.69 bits per heavy atom. The van der Waals surface area contributed by atoms with Crippen molar-refractivity contribution >= 4 is 5.91 Å². The summed E-state index contributed by atoms with van der Waals surface area (Å²) in [6.45, 7) is 1.70. The molecule has 0 heterocycles. The summed E-state index contributed by atoms with van der Waals surface area (Å²) in [5.41, 5.74) is 0. The highest BCUT2D eigenvalue weighted by atomic mass is 16.5. The Bertz CT molecular complexity index is 314. The molecule has 0 unspecified atom stereocenters. The molecule has 1 rings (SSSR count). The highest BCUT2D eigenvalue weighted by Gasteiger charge is 2.03. The monoisotopic (exact) mass is 222 g/mol. The fourth-order valence-corrected chi connectivity index (χ4v) is 1.24. The van der Waals surface area contributed by atoms with E-state index in [9.17, 15) is 4.79 Å². The number of likely N-dealkylation sites (N-methyl/N-ethyl adjacent to an activating group) is 2. The molecule has 0 atom stereocenters. The average molecular weight is 222 g/mol. The van der Waals surface area contributed by atoms with E-state index in [-0.39, 0.29) is 5.91 Å². The first-order valence-corrected chi connectivity index (χ1v) is 5.29. The highest BCUT2D eigenvalue weighted by Crippen LogP contribution is 2.07. The number of para-hydroxylation sites is 1. The maximum Gasteiger partial charge on any atom is 0.233 e. The van der Waals surface area contributed by atoms with Gasteiger partial charge in [-0.3, -0.25) is 9.69 Å². The zero-order valence-corrected chi connectivity index (χ0v) is 9.77. The van der Waals surface area contributed by atoms with E-state index in [1.165, 1.54) is 0 Å². The van der Waals surface area contributed by atoms with E-state index in [2.05, 4.69) is 5.32 Å². The Kier molecular flexibility index (Phi) is 5.36. The summed E-state index contributed by atoms with van der Waals surface area (Å²) in [7, 11) is 3.53. The second-order valence-electron chi connectivity index (χ2n) is 3.57. The Balaban J connectivity index is 2.18. The molecule has 16 heavy (non-hydrogen) atoms. The fourth-order valence-electron chi connectivity index (χ4n) is 1.24. The van der Waals surface area contributed by atoms with Crippen LogP contribution in [0.1, 0.15) is 0 Å². The van der Waals surface area contributed by atoms with Crippen molar-refractivity contribution in [3.63, 3.8) is 0 Å². The smallest absolute Gasteiger partial charge is 0.233 e. The molecule has 1 N–H and O–H groups in total. The number of amides is 1. The van der Waals surface area contributed by atoms with Crippen LogP contribution in [0, 0.1) is 0 Å². The van der Waals surface area contributed by atoms with Crippen LogP contribution in [0.4, 0.5) is 0 Å². The van der Waals surface area contributed by atoms with Gasteiger partial charge in [-0.2, -0.15) is 0 Å². The first kappa shape index (κ1) is 12.5. The normalized spacial score (nSPS) is 10.2. The van der Waals surface area contributed by atoms with Crippen LogP contribution in [0.3, 0.4) is 0 Å². The van der Waals surface area contributed by atoms with Gasteiger partial charge in [0.1, 0.15) is 12.4 Å². The van der Waals surface area contributed by atoms with Crippen LogP contribution in [0.15, 0.2) is 30.3 Å². The lowest BCUT2D eigenvalue weighted by Crippen LogP contribution is -2.35. The molecule has 0 bridgehead atoms. The molecule has 1 aromatic carbocycles. The van der Waals surface area contributed by atoms with Crippen molar-refractivity contribution in [3.8, 4) is 5.75 Å². The third-order valence-electron chi connectivity index (χ3n) is 2.18. The van der Waals surface area contributed by atoms with Crippen LogP contribution >= 0.6 is 0 Å². The van der Waals surface area contributed by atoms with Crippen molar-refractivity contribution in [1.29, 1.82) is 0 Å². The number of nitrogens with zero attached hydrogens (tertiary/aromatic N) is 1. The Morgan fingerprint density at radius 1 is 1.38 bits per heavy atom. The van der Waals surface area contributed by atoms with Crippen molar-refractivity contribution in [3.05, 3.63) is 30.3 Å². The Labute approximate surface area is 96.2 Å². The molecule has 0 aromatic heterocycles. The topological polar surface area (TPSA) is 41.6 Å². The summed E-state index contributed by atoms with van der Waals surface area (Å²) in [4.78, 5) is 13.0. The summed E-state index contributed by atoms with van der Waals surface area (Å²) in [6.07, 6.45) is 0. The number of benzene rings is 1. The van der Waals surface area contributed by atoms with E-state index in [4.69, 9.17) is 4.74 Å². The minimum atomic E-state index is 0.0159. The predicted molar refractivity (Wildman–Crippen MR) is 63.5 cm³/mol. The van der Waals surface area contributed by atoms with Crippen LogP contribution < -0.4 is 10.1 Å². The molecular weight excluding hydrogens is 204 g/mol. The van der Waals surface area contributed by atoms with Crippen LogP contribution in [-0.2, 0) is 4.79 Å². The van der Waals surface area contributed by atoms with Crippen LogP contribution in [0.25, 0.3) is 0 Å². The van der Waals surface area contributed by atoms with Gasteiger partial charge in [0, 0.05) is 13.6 Å². The van der Waals surface area contributed by atoms with E-state index >= 15 is 0 Å². The summed E-state index contributed by atoms with van der Waals surface area (Å²) in [6, 6.07) is 9.65. The lowest BCUT2D eigenvalue weighted by molar-refractivity contribution is -0.121. The van der Waals surface area contributed by atoms with Gasteiger partial charge in [0.25, 0.3) is 0 Å². The van der Waals surface area contributed by atoms with E-state index < -0.39 is 0 Å². The molecule has 0 spiro atoms. The molecule has 0 aliphatic rings. The first-order chi connectivity index (χ1) is 7.72. The molecule has 0 fully saturated rings. The molecule has 4 nitrogen and oxygen atoms in total. The summed E-state index contributed by atoms with van der Waals surface area (Å²) < 4.78 is 5.52. The largest absolute Gasteiger partial charge is 0.492 e. The van der Waals surface area contributed by atoms with Crippen molar-refractivity contribution in [2.45, 2.75) is 0 Å². The maximum absolute atomic E-state index is 11.1. The minimum Gasteiger partial charge on any atom is -0.492 e. The minimum absolute atomic E-state index is 0.0159. The van der Waals surface area contributed by atoms with Crippen LogP contribution in [-0.4, -0.2) is 44.6 Å². The second kappa shape index (κ2) is 6.85. The fraction of sp³-hybridized carbons (Fsp3) is 0.417. The van der Waals surface area contributed by atoms with Gasteiger partial charge >= 0.3 is 0 Å². The predicted octanol–water partition coefficient (Wildman–Crippen LogP) is 0.743. The van der Waals surface area contributed by atoms with Gasteiger partial charge in [-0.25, -0.2) is 0 Å². The van der Waals surface area contributed by atoms with Gasteiger partial charge in [-0.1, -0.05) is 18.2 Å². The van der Waals surface area contributed by atoms with Crippen molar-refractivity contribution in [1.82, 2.24) is 10.2 Å². The summed E-state index contributed by atoms with van der Waals surface area (Å²) in [5.74, 6) is 0.873. The molecule has 0 aliphatic heterocycles. The quantitative estimate of drug-likeness (QED) is 0.772. The van der Waals surface area contributed by atoms with Crippen molar-refractivity contribution < 1.29 is 9.53 Å². The van der Waals surface area contributed by atoms with E-state index in [1.807, 2.05) is 42.3 Å². The lowest BCUT2D eigenvalue weighted by atomic mass is 10.3. The molecule has 1 aromatic rings. The SMILES string of the molecule is CNC(=O)CN(C)CCOc1ccccc1. The molecule has 4 heteroatoms. The summed E-state index contributed by atoms with van der Waals surface area (Å²) >= 11 is 0. The van der Waals surface area contributed by atoms with Gasteiger partial charge in [0.05, 0.1) is 6.54 Å². The van der Waals surface area contributed by atoms with Crippen molar-refractivity contribution in [2.24, 2.45) is 0 Å². The number of ether oxygens (including phenoxy) is 1. The molecule has 1 amide bonds. The average Bonchev–Trinajstić information content (AvgIpc) is 2.30. The standard InChI is InChI=1S/C12H18N2O2/c1-13-12(15)10-14(2)8-9-16-11-6-4-3-5-7-11/h3-7H,8-10H2,1-2H3,(H,13,15). The molecule has 0 saturated heterocycles. The molecule has 0 aliphatic carbocycles. The van der Waals surface area contributed by atoms with Gasteiger partial charge in [-0.05, 0) is 19.2 Å². The van der Waals surface area contributed by atoms with Gasteiger partial charge in [-0.15, -0.1) is 0 Å².